The number of hydrogen-bond acceptors (Lipinski definition) is 3. The zero-order valence-electron chi connectivity index (χ0n) is 13.1. The topological polar surface area (TPSA) is 56.1 Å². The van der Waals surface area contributed by atoms with Crippen LogP contribution in [0.4, 0.5) is 0 Å². The third kappa shape index (κ3) is 2.74. The molecule has 0 radical (unpaired) electrons. The van der Waals surface area contributed by atoms with Crippen molar-refractivity contribution in [3.63, 3.8) is 0 Å². The van der Waals surface area contributed by atoms with Gasteiger partial charge in [-0.1, -0.05) is 36.8 Å². The lowest BCUT2D eigenvalue weighted by Gasteiger charge is -2.28. The summed E-state index contributed by atoms with van der Waals surface area (Å²) in [6, 6.07) is 12.1. The van der Waals surface area contributed by atoms with Crippen LogP contribution in [0.2, 0.25) is 0 Å². The molecule has 1 saturated heterocycles. The van der Waals surface area contributed by atoms with Gasteiger partial charge in [0.05, 0.1) is 11.5 Å². The van der Waals surface area contributed by atoms with E-state index >= 15 is 0 Å². The Kier molecular flexibility index (Phi) is 4.17. The zero-order valence-corrected chi connectivity index (χ0v) is 13.1. The maximum Gasteiger partial charge on any atom is 0.228 e. The quantitative estimate of drug-likeness (QED) is 0.928. The standard InChI is InChI=1S/C18H23N3O/c1-14(10-19)20-17(22)18-9-5-8-16(18)12-21(13-18)11-15-6-3-2-4-7-15/h2-4,6-7,14,16H,5,8-9,11-13H2,1H3,(H,20,22)/t14?,16-,18-/m1/s1. The molecule has 1 aromatic rings. The molecule has 1 aliphatic carbocycles. The molecule has 1 N–H and O–H groups in total. The smallest absolute Gasteiger partial charge is 0.228 e. The van der Waals surface area contributed by atoms with E-state index in [2.05, 4.69) is 40.6 Å². The maximum absolute atomic E-state index is 12.7. The number of fused-ring (bicyclic) bond motifs is 1. The number of carbonyl (C=O) groups is 1. The first-order valence-corrected chi connectivity index (χ1v) is 8.11. The Hall–Kier alpha value is -1.86. The summed E-state index contributed by atoms with van der Waals surface area (Å²) >= 11 is 0. The number of rotatable bonds is 4. The molecule has 3 rings (SSSR count). The van der Waals surface area contributed by atoms with Gasteiger partial charge in [-0.15, -0.1) is 0 Å². The molecule has 2 aliphatic rings. The lowest BCUT2D eigenvalue weighted by Crippen LogP contribution is -2.47. The number of hydrogen-bond donors (Lipinski definition) is 1. The van der Waals surface area contributed by atoms with Crippen molar-refractivity contribution in [1.29, 1.82) is 5.26 Å². The second-order valence-corrected chi connectivity index (χ2v) is 6.72. The molecule has 1 amide bonds. The Morgan fingerprint density at radius 1 is 1.50 bits per heavy atom. The molecule has 4 nitrogen and oxygen atoms in total. The van der Waals surface area contributed by atoms with Gasteiger partial charge in [0.25, 0.3) is 0 Å². The van der Waals surface area contributed by atoms with Gasteiger partial charge >= 0.3 is 0 Å². The van der Waals surface area contributed by atoms with Crippen LogP contribution in [0.1, 0.15) is 31.7 Å². The minimum Gasteiger partial charge on any atom is -0.340 e. The number of nitrogens with zero attached hydrogens (tertiary/aromatic N) is 2. The average Bonchev–Trinajstić information content (AvgIpc) is 3.05. The lowest BCUT2D eigenvalue weighted by atomic mass is 9.79. The van der Waals surface area contributed by atoms with Crippen molar-refractivity contribution in [3.8, 4) is 6.07 Å². The summed E-state index contributed by atoms with van der Waals surface area (Å²) in [5.74, 6) is 0.515. The van der Waals surface area contributed by atoms with Crippen LogP contribution in [0, 0.1) is 22.7 Å². The fourth-order valence-electron chi connectivity index (χ4n) is 4.10. The molecule has 0 aromatic heterocycles. The molecule has 0 spiro atoms. The Labute approximate surface area is 132 Å². The molecule has 1 saturated carbocycles. The Balaban J connectivity index is 1.71. The molecule has 3 atom stereocenters. The van der Waals surface area contributed by atoms with Gasteiger partial charge in [0, 0.05) is 19.6 Å². The number of carbonyl (C=O) groups excluding carboxylic acids is 1. The van der Waals surface area contributed by atoms with Crippen LogP contribution in [0.25, 0.3) is 0 Å². The first-order valence-electron chi connectivity index (χ1n) is 8.11. The molecule has 1 aliphatic heterocycles. The highest BCUT2D eigenvalue weighted by atomic mass is 16.2. The number of amides is 1. The molecule has 4 heteroatoms. The Bertz CT molecular complexity index is 580. The molecule has 2 fully saturated rings. The molecule has 0 bridgehead atoms. The third-order valence-electron chi connectivity index (χ3n) is 5.18. The van der Waals surface area contributed by atoms with E-state index in [1.165, 1.54) is 5.56 Å². The molecule has 22 heavy (non-hydrogen) atoms. The van der Waals surface area contributed by atoms with Crippen molar-refractivity contribution in [2.24, 2.45) is 11.3 Å². The van der Waals surface area contributed by atoms with E-state index in [0.717, 1.165) is 38.9 Å². The second-order valence-electron chi connectivity index (χ2n) is 6.72. The van der Waals surface area contributed by atoms with Crippen LogP contribution in [0.3, 0.4) is 0 Å². The van der Waals surface area contributed by atoms with Gasteiger partial charge in [-0.05, 0) is 31.2 Å². The molecule has 1 aromatic carbocycles. The lowest BCUT2D eigenvalue weighted by molar-refractivity contribution is -0.131. The molecule has 1 unspecified atom stereocenters. The Morgan fingerprint density at radius 3 is 3.00 bits per heavy atom. The van der Waals surface area contributed by atoms with Crippen molar-refractivity contribution < 1.29 is 4.79 Å². The fourth-order valence-corrected chi connectivity index (χ4v) is 4.10. The minimum atomic E-state index is -0.411. The van der Waals surface area contributed by atoms with E-state index in [4.69, 9.17) is 5.26 Å². The summed E-state index contributed by atoms with van der Waals surface area (Å²) in [4.78, 5) is 15.1. The predicted octanol–water partition coefficient (Wildman–Crippen LogP) is 2.32. The third-order valence-corrected chi connectivity index (χ3v) is 5.18. The van der Waals surface area contributed by atoms with E-state index in [1.54, 1.807) is 6.92 Å². The predicted molar refractivity (Wildman–Crippen MR) is 84.7 cm³/mol. The van der Waals surface area contributed by atoms with Crippen LogP contribution >= 0.6 is 0 Å². The van der Waals surface area contributed by atoms with Gasteiger partial charge in [0.2, 0.25) is 5.91 Å². The monoisotopic (exact) mass is 297 g/mol. The van der Waals surface area contributed by atoms with Crippen LogP contribution < -0.4 is 5.32 Å². The van der Waals surface area contributed by atoms with Gasteiger partial charge in [0.1, 0.15) is 6.04 Å². The molecular weight excluding hydrogens is 274 g/mol. The summed E-state index contributed by atoms with van der Waals surface area (Å²) in [6.07, 6.45) is 3.20. The summed E-state index contributed by atoms with van der Waals surface area (Å²) in [5, 5.41) is 11.8. The van der Waals surface area contributed by atoms with Crippen molar-refractivity contribution in [1.82, 2.24) is 10.2 Å². The SMILES string of the molecule is CC(C#N)NC(=O)[C@@]12CCC[C@@H]1CN(Cc1ccccc1)C2. The highest BCUT2D eigenvalue weighted by Gasteiger charge is 2.54. The van der Waals surface area contributed by atoms with Crippen LogP contribution in [0.5, 0.6) is 0 Å². The van der Waals surface area contributed by atoms with E-state index in [9.17, 15) is 4.79 Å². The van der Waals surface area contributed by atoms with E-state index < -0.39 is 6.04 Å². The van der Waals surface area contributed by atoms with Crippen molar-refractivity contribution in [2.75, 3.05) is 13.1 Å². The highest BCUT2D eigenvalue weighted by Crippen LogP contribution is 2.49. The van der Waals surface area contributed by atoms with Crippen LogP contribution in [0.15, 0.2) is 30.3 Å². The average molecular weight is 297 g/mol. The number of nitriles is 1. The normalized spacial score (nSPS) is 28.8. The number of likely N-dealkylation sites (tertiary alicyclic amines) is 1. The summed E-state index contributed by atoms with van der Waals surface area (Å²) in [5.41, 5.74) is 1.02. The maximum atomic E-state index is 12.7. The van der Waals surface area contributed by atoms with Gasteiger partial charge in [-0.25, -0.2) is 0 Å². The summed E-state index contributed by atoms with van der Waals surface area (Å²) in [7, 11) is 0. The summed E-state index contributed by atoms with van der Waals surface area (Å²) in [6.45, 7) is 4.45. The van der Waals surface area contributed by atoms with Gasteiger partial charge in [0.15, 0.2) is 0 Å². The van der Waals surface area contributed by atoms with E-state index in [1.807, 2.05) is 6.07 Å². The van der Waals surface area contributed by atoms with Gasteiger partial charge in [-0.3, -0.25) is 9.69 Å². The van der Waals surface area contributed by atoms with Crippen molar-refractivity contribution >= 4 is 5.91 Å². The minimum absolute atomic E-state index is 0.0830. The fraction of sp³-hybridized carbons (Fsp3) is 0.556. The first kappa shape index (κ1) is 15.1. The van der Waals surface area contributed by atoms with E-state index in [0.29, 0.717) is 5.92 Å². The highest BCUT2D eigenvalue weighted by molar-refractivity contribution is 5.84. The largest absolute Gasteiger partial charge is 0.340 e. The van der Waals surface area contributed by atoms with Crippen LogP contribution in [-0.2, 0) is 11.3 Å². The first-order chi connectivity index (χ1) is 10.6. The molecular formula is C18H23N3O. The number of benzene rings is 1. The van der Waals surface area contributed by atoms with Crippen LogP contribution in [-0.4, -0.2) is 29.9 Å². The van der Waals surface area contributed by atoms with Gasteiger partial charge in [-0.2, -0.15) is 5.26 Å². The number of nitrogens with one attached hydrogen (secondary N) is 1. The van der Waals surface area contributed by atoms with Gasteiger partial charge < -0.3 is 5.32 Å². The Morgan fingerprint density at radius 2 is 2.27 bits per heavy atom. The summed E-state index contributed by atoms with van der Waals surface area (Å²) < 4.78 is 0. The molecule has 1 heterocycles. The molecule has 116 valence electrons. The second kappa shape index (κ2) is 6.10. The van der Waals surface area contributed by atoms with Crippen molar-refractivity contribution in [2.45, 2.75) is 38.8 Å². The van der Waals surface area contributed by atoms with Crippen molar-refractivity contribution in [3.05, 3.63) is 35.9 Å². The zero-order chi connectivity index (χ0) is 15.6. The van der Waals surface area contributed by atoms with E-state index in [-0.39, 0.29) is 11.3 Å².